The second kappa shape index (κ2) is 7.58. The lowest BCUT2D eigenvalue weighted by Crippen LogP contribution is -2.78. The second-order valence-electron chi connectivity index (χ2n) is 11.2. The molecule has 2 aliphatic heterocycles. The quantitative estimate of drug-likeness (QED) is 0.625. The van der Waals surface area contributed by atoms with E-state index >= 15 is 0 Å². The van der Waals surface area contributed by atoms with Crippen molar-refractivity contribution in [3.8, 4) is 11.5 Å². The van der Waals surface area contributed by atoms with Crippen LogP contribution in [0.1, 0.15) is 48.8 Å². The van der Waals surface area contributed by atoms with Crippen LogP contribution in [0.2, 0.25) is 0 Å². The zero-order valence-corrected chi connectivity index (χ0v) is 20.8. The number of phenols is 1. The summed E-state index contributed by atoms with van der Waals surface area (Å²) in [5.41, 5.74) is 1.68. The van der Waals surface area contributed by atoms with Gasteiger partial charge in [0.15, 0.2) is 11.5 Å². The molecule has 1 aromatic carbocycles. The molecule has 2 aromatic rings. The summed E-state index contributed by atoms with van der Waals surface area (Å²) in [4.78, 5) is 17.6. The standard InChI is InChI=1S/C28H32N2O4S/c1-29(23(32)7-4-18-9-13-35-16-18)20-8-10-28(33)22-14-19-5-6-21(31)25-24(19)27(28,26(20)34-25)11-12-30(22)15-17-2-3-17/h4-7,9,13,16-17,20,22,26,31,33H,2-3,8,10-12,14-15H2,1H3/t20-,22+,26-,27-,28+/m0/s1. The number of rotatable bonds is 5. The molecule has 6 nitrogen and oxygen atoms in total. The van der Waals surface area contributed by atoms with Crippen LogP contribution in [0.25, 0.3) is 6.08 Å². The molecule has 1 spiro atoms. The highest BCUT2D eigenvalue weighted by Crippen LogP contribution is 2.66. The Morgan fingerprint density at radius 2 is 2.14 bits per heavy atom. The highest BCUT2D eigenvalue weighted by molar-refractivity contribution is 7.08. The molecule has 2 saturated carbocycles. The minimum atomic E-state index is -0.927. The van der Waals surface area contributed by atoms with E-state index in [1.807, 2.05) is 36.0 Å². The van der Waals surface area contributed by atoms with E-state index in [0.29, 0.717) is 18.6 Å². The molecule has 0 radical (unpaired) electrons. The maximum absolute atomic E-state index is 13.2. The first-order chi connectivity index (χ1) is 16.9. The lowest BCUT2D eigenvalue weighted by atomic mass is 9.48. The summed E-state index contributed by atoms with van der Waals surface area (Å²) >= 11 is 1.61. The molecule has 1 amide bonds. The van der Waals surface area contributed by atoms with Crippen LogP contribution in [0.15, 0.2) is 35.0 Å². The minimum Gasteiger partial charge on any atom is -0.504 e. The molecule has 0 unspecified atom stereocenters. The Morgan fingerprint density at radius 1 is 1.29 bits per heavy atom. The van der Waals surface area contributed by atoms with Crippen LogP contribution in [-0.2, 0) is 16.6 Å². The van der Waals surface area contributed by atoms with E-state index in [2.05, 4.69) is 4.90 Å². The van der Waals surface area contributed by atoms with Gasteiger partial charge in [-0.2, -0.15) is 11.3 Å². The summed E-state index contributed by atoms with van der Waals surface area (Å²) < 4.78 is 6.59. The molecule has 5 atom stereocenters. The van der Waals surface area contributed by atoms with Crippen molar-refractivity contribution in [2.45, 2.75) is 67.7 Å². The predicted molar refractivity (Wildman–Crippen MR) is 135 cm³/mol. The van der Waals surface area contributed by atoms with Gasteiger partial charge < -0.3 is 19.8 Å². The Kier molecular flexibility index (Phi) is 4.74. The SMILES string of the molecule is CN(C(=O)C=Cc1ccsc1)[C@H]1CC[C@@]2(O)[C@H]3Cc4ccc(O)c5c4[C@@]2(CCN3CC2CC2)[C@H]1O5. The molecule has 2 N–H and O–H groups in total. The molecule has 35 heavy (non-hydrogen) atoms. The van der Waals surface area contributed by atoms with Gasteiger partial charge in [0.2, 0.25) is 5.91 Å². The molecule has 1 saturated heterocycles. The molecular weight excluding hydrogens is 460 g/mol. The normalized spacial score (nSPS) is 35.1. The highest BCUT2D eigenvalue weighted by atomic mass is 32.1. The van der Waals surface area contributed by atoms with Crippen molar-refractivity contribution in [2.75, 3.05) is 20.1 Å². The van der Waals surface area contributed by atoms with Gasteiger partial charge in [-0.3, -0.25) is 9.69 Å². The van der Waals surface area contributed by atoms with Gasteiger partial charge in [-0.25, -0.2) is 0 Å². The lowest BCUT2D eigenvalue weighted by Gasteiger charge is -2.64. The molecular formula is C28H32N2O4S. The molecule has 3 heterocycles. The van der Waals surface area contributed by atoms with Gasteiger partial charge >= 0.3 is 0 Å². The van der Waals surface area contributed by atoms with Gasteiger partial charge in [-0.05, 0) is 91.1 Å². The van der Waals surface area contributed by atoms with E-state index in [0.717, 1.165) is 43.0 Å². The van der Waals surface area contributed by atoms with Crippen LogP contribution in [0, 0.1) is 5.92 Å². The van der Waals surface area contributed by atoms with Crippen molar-refractivity contribution in [1.82, 2.24) is 9.80 Å². The smallest absolute Gasteiger partial charge is 0.246 e. The number of carbonyl (C=O) groups is 1. The van der Waals surface area contributed by atoms with E-state index in [-0.39, 0.29) is 29.8 Å². The summed E-state index contributed by atoms with van der Waals surface area (Å²) in [6.45, 7) is 1.98. The number of nitrogens with zero attached hydrogens (tertiary/aromatic N) is 2. The summed E-state index contributed by atoms with van der Waals surface area (Å²) in [5.74, 6) is 1.36. The third-order valence-corrected chi connectivity index (χ3v) is 10.2. The van der Waals surface area contributed by atoms with Crippen molar-refractivity contribution >= 4 is 23.3 Å². The second-order valence-corrected chi connectivity index (χ2v) is 12.0. The first-order valence-electron chi connectivity index (χ1n) is 12.9. The number of piperidine rings is 1. The highest BCUT2D eigenvalue weighted by Gasteiger charge is 2.73. The monoisotopic (exact) mass is 492 g/mol. The number of benzene rings is 1. The average Bonchev–Trinajstić information content (AvgIpc) is 3.36. The van der Waals surface area contributed by atoms with E-state index in [9.17, 15) is 15.0 Å². The molecule has 1 aromatic heterocycles. The first kappa shape index (κ1) is 21.9. The maximum atomic E-state index is 13.2. The number of carbonyl (C=O) groups excluding carboxylic acids is 1. The number of hydrogen-bond acceptors (Lipinski definition) is 6. The summed E-state index contributed by atoms with van der Waals surface area (Å²) in [5, 5.41) is 27.4. The third-order valence-electron chi connectivity index (χ3n) is 9.54. The van der Waals surface area contributed by atoms with Gasteiger partial charge in [-0.15, -0.1) is 0 Å². The maximum Gasteiger partial charge on any atom is 0.246 e. The van der Waals surface area contributed by atoms with Crippen LogP contribution >= 0.6 is 11.3 Å². The summed E-state index contributed by atoms with van der Waals surface area (Å²) in [7, 11) is 1.85. The Labute approximate surface area is 209 Å². The van der Waals surface area contributed by atoms with E-state index in [4.69, 9.17) is 4.74 Å². The van der Waals surface area contributed by atoms with Crippen LogP contribution in [0.4, 0.5) is 0 Å². The minimum absolute atomic E-state index is 0.0476. The van der Waals surface area contributed by atoms with Crippen LogP contribution < -0.4 is 4.74 Å². The van der Waals surface area contributed by atoms with E-state index in [1.165, 1.54) is 18.4 Å². The van der Waals surface area contributed by atoms with Crippen molar-refractivity contribution in [3.05, 3.63) is 51.7 Å². The number of aromatic hydroxyl groups is 1. The Bertz CT molecular complexity index is 1210. The predicted octanol–water partition coefficient (Wildman–Crippen LogP) is 3.56. The number of phenolic OH excluding ortho intramolecular Hbond substituents is 1. The number of hydrogen-bond donors (Lipinski definition) is 2. The fourth-order valence-electron chi connectivity index (χ4n) is 7.67. The Morgan fingerprint density at radius 3 is 2.91 bits per heavy atom. The van der Waals surface area contributed by atoms with Crippen molar-refractivity contribution in [3.63, 3.8) is 0 Å². The largest absolute Gasteiger partial charge is 0.504 e. The molecule has 2 bridgehead atoms. The topological polar surface area (TPSA) is 73.2 Å². The third kappa shape index (κ3) is 2.98. The van der Waals surface area contributed by atoms with Crippen molar-refractivity contribution in [1.29, 1.82) is 0 Å². The number of likely N-dealkylation sites (tertiary alicyclic amines) is 1. The molecule has 7 heteroatoms. The molecule has 5 aliphatic rings. The number of likely N-dealkylation sites (N-methyl/N-ethyl adjacent to an activating group) is 1. The van der Waals surface area contributed by atoms with Crippen LogP contribution in [-0.4, -0.2) is 69.8 Å². The van der Waals surface area contributed by atoms with Crippen LogP contribution in [0.5, 0.6) is 11.5 Å². The fourth-order valence-corrected chi connectivity index (χ4v) is 8.30. The zero-order valence-electron chi connectivity index (χ0n) is 20.0. The first-order valence-corrected chi connectivity index (χ1v) is 13.8. The summed E-state index contributed by atoms with van der Waals surface area (Å²) in [6, 6.07) is 5.62. The molecule has 3 fully saturated rings. The van der Waals surface area contributed by atoms with Crippen molar-refractivity contribution in [2.24, 2.45) is 5.92 Å². The van der Waals surface area contributed by atoms with E-state index in [1.54, 1.807) is 28.4 Å². The molecule has 184 valence electrons. The number of aliphatic hydroxyl groups is 1. The van der Waals surface area contributed by atoms with E-state index < -0.39 is 11.0 Å². The number of amides is 1. The number of thiophene rings is 1. The van der Waals surface area contributed by atoms with Gasteiger partial charge in [0.1, 0.15) is 6.10 Å². The van der Waals surface area contributed by atoms with Gasteiger partial charge in [-0.1, -0.05) is 6.07 Å². The molecule has 3 aliphatic carbocycles. The average molecular weight is 493 g/mol. The van der Waals surface area contributed by atoms with Gasteiger partial charge in [0.25, 0.3) is 0 Å². The van der Waals surface area contributed by atoms with Gasteiger partial charge in [0.05, 0.1) is 17.1 Å². The molecule has 7 rings (SSSR count). The Balaban J connectivity index is 1.28. The Hall–Kier alpha value is -2.35. The van der Waals surface area contributed by atoms with Crippen molar-refractivity contribution < 1.29 is 19.7 Å². The number of ether oxygens (including phenoxy) is 1. The summed E-state index contributed by atoms with van der Waals surface area (Å²) in [6.07, 6.45) is 8.57. The zero-order chi connectivity index (χ0) is 23.9. The lowest BCUT2D eigenvalue weighted by molar-refractivity contribution is -0.200. The van der Waals surface area contributed by atoms with Gasteiger partial charge in [0, 0.05) is 31.3 Å². The van der Waals surface area contributed by atoms with Crippen LogP contribution in [0.3, 0.4) is 0 Å². The fraction of sp³-hybridized carbons (Fsp3) is 0.536.